The highest BCUT2D eigenvalue weighted by Gasteiger charge is 2.20. The van der Waals surface area contributed by atoms with E-state index in [1.54, 1.807) is 6.08 Å². The summed E-state index contributed by atoms with van der Waals surface area (Å²) in [4.78, 5) is 14.5. The summed E-state index contributed by atoms with van der Waals surface area (Å²) in [7, 11) is 0. The lowest BCUT2D eigenvalue weighted by Gasteiger charge is -2.23. The van der Waals surface area contributed by atoms with Crippen molar-refractivity contribution in [2.45, 2.75) is 32.3 Å². The molecule has 1 amide bonds. The molecule has 0 radical (unpaired) electrons. The van der Waals surface area contributed by atoms with Gasteiger partial charge in [-0.1, -0.05) is 49.4 Å². The maximum Gasteiger partial charge on any atom is 0.246 e. The molecule has 0 bridgehead atoms. The van der Waals surface area contributed by atoms with Gasteiger partial charge in [0, 0.05) is 25.8 Å². The van der Waals surface area contributed by atoms with Crippen molar-refractivity contribution in [3.8, 4) is 0 Å². The Labute approximate surface area is 143 Å². The zero-order valence-corrected chi connectivity index (χ0v) is 14.3. The van der Waals surface area contributed by atoms with Crippen LogP contribution in [0.4, 0.5) is 0 Å². The SMILES string of the molecule is CCCN(CC1CCCO1)C(=O)/C=C/c1cccc2ccccc12. The van der Waals surface area contributed by atoms with Gasteiger partial charge in [-0.2, -0.15) is 0 Å². The van der Waals surface area contributed by atoms with E-state index in [9.17, 15) is 4.79 Å². The summed E-state index contributed by atoms with van der Waals surface area (Å²) in [6.45, 7) is 4.40. The summed E-state index contributed by atoms with van der Waals surface area (Å²) in [5, 5.41) is 2.36. The zero-order valence-electron chi connectivity index (χ0n) is 14.3. The van der Waals surface area contributed by atoms with Crippen molar-refractivity contribution in [1.29, 1.82) is 0 Å². The molecule has 0 saturated carbocycles. The third-order valence-corrected chi connectivity index (χ3v) is 4.48. The van der Waals surface area contributed by atoms with E-state index in [-0.39, 0.29) is 12.0 Å². The van der Waals surface area contributed by atoms with Crippen LogP contribution >= 0.6 is 0 Å². The Morgan fingerprint density at radius 2 is 2.08 bits per heavy atom. The largest absolute Gasteiger partial charge is 0.376 e. The van der Waals surface area contributed by atoms with E-state index in [2.05, 4.69) is 31.2 Å². The molecule has 24 heavy (non-hydrogen) atoms. The maximum absolute atomic E-state index is 12.6. The van der Waals surface area contributed by atoms with Crippen LogP contribution in [-0.4, -0.2) is 36.6 Å². The van der Waals surface area contributed by atoms with Gasteiger partial charge in [0.2, 0.25) is 5.91 Å². The molecule has 1 fully saturated rings. The number of hydrogen-bond donors (Lipinski definition) is 0. The normalized spacial score (nSPS) is 17.6. The number of carbonyl (C=O) groups excluding carboxylic acids is 1. The summed E-state index contributed by atoms with van der Waals surface area (Å²) < 4.78 is 5.68. The van der Waals surface area contributed by atoms with Gasteiger partial charge in [-0.25, -0.2) is 0 Å². The van der Waals surface area contributed by atoms with Crippen LogP contribution in [0.5, 0.6) is 0 Å². The van der Waals surface area contributed by atoms with Gasteiger partial charge in [-0.05, 0) is 41.7 Å². The van der Waals surface area contributed by atoms with Crippen LogP contribution in [-0.2, 0) is 9.53 Å². The minimum Gasteiger partial charge on any atom is -0.376 e. The minimum absolute atomic E-state index is 0.0697. The predicted molar refractivity (Wildman–Crippen MR) is 98.8 cm³/mol. The van der Waals surface area contributed by atoms with Gasteiger partial charge in [0.1, 0.15) is 0 Å². The summed E-state index contributed by atoms with van der Waals surface area (Å²) >= 11 is 0. The van der Waals surface area contributed by atoms with Crippen molar-refractivity contribution in [2.75, 3.05) is 19.7 Å². The second-order valence-corrected chi connectivity index (χ2v) is 6.32. The highest BCUT2D eigenvalue weighted by Crippen LogP contribution is 2.20. The number of amides is 1. The summed E-state index contributed by atoms with van der Waals surface area (Å²) in [5.41, 5.74) is 1.08. The lowest BCUT2D eigenvalue weighted by Crippen LogP contribution is -2.36. The average molecular weight is 323 g/mol. The van der Waals surface area contributed by atoms with Crippen LogP contribution in [0, 0.1) is 0 Å². The molecule has 3 nitrogen and oxygen atoms in total. The van der Waals surface area contributed by atoms with Crippen LogP contribution in [0.1, 0.15) is 31.7 Å². The average Bonchev–Trinajstić information content (AvgIpc) is 3.12. The zero-order chi connectivity index (χ0) is 16.8. The maximum atomic E-state index is 12.6. The third-order valence-electron chi connectivity index (χ3n) is 4.48. The standard InChI is InChI=1S/C21H25NO2/c1-2-14-22(16-19-10-6-15-24-19)21(23)13-12-18-9-5-8-17-7-3-4-11-20(17)18/h3-5,7-9,11-13,19H,2,6,10,14-16H2,1H3/b13-12+. The number of benzene rings is 2. The first kappa shape index (κ1) is 16.7. The molecule has 1 heterocycles. The van der Waals surface area contributed by atoms with Crippen molar-refractivity contribution in [1.82, 2.24) is 4.90 Å². The summed E-state index contributed by atoms with van der Waals surface area (Å²) in [5.74, 6) is 0.0697. The third kappa shape index (κ3) is 4.04. The van der Waals surface area contributed by atoms with Gasteiger partial charge in [0.15, 0.2) is 0 Å². The van der Waals surface area contributed by atoms with Crippen molar-refractivity contribution in [2.24, 2.45) is 0 Å². The number of nitrogens with zero attached hydrogens (tertiary/aromatic N) is 1. The molecule has 126 valence electrons. The number of hydrogen-bond acceptors (Lipinski definition) is 2. The molecule has 1 unspecified atom stereocenters. The number of ether oxygens (including phenoxy) is 1. The molecule has 2 aromatic rings. The van der Waals surface area contributed by atoms with Crippen molar-refractivity contribution in [3.05, 3.63) is 54.1 Å². The van der Waals surface area contributed by atoms with E-state index in [1.165, 1.54) is 10.8 Å². The fourth-order valence-corrected chi connectivity index (χ4v) is 3.26. The second-order valence-electron chi connectivity index (χ2n) is 6.32. The van der Waals surface area contributed by atoms with Gasteiger partial charge in [0.25, 0.3) is 0 Å². The Hall–Kier alpha value is -2.13. The fraction of sp³-hybridized carbons (Fsp3) is 0.381. The van der Waals surface area contributed by atoms with Gasteiger partial charge in [0.05, 0.1) is 6.10 Å². The van der Waals surface area contributed by atoms with E-state index < -0.39 is 0 Å². The van der Waals surface area contributed by atoms with Crippen LogP contribution < -0.4 is 0 Å². The molecular formula is C21H25NO2. The molecule has 0 aromatic heterocycles. The van der Waals surface area contributed by atoms with E-state index in [0.717, 1.165) is 38.0 Å². The molecule has 1 aliphatic heterocycles. The Balaban J connectivity index is 1.74. The Bertz CT molecular complexity index is 711. The van der Waals surface area contributed by atoms with Crippen LogP contribution in [0.25, 0.3) is 16.8 Å². The molecular weight excluding hydrogens is 298 g/mol. The molecule has 0 N–H and O–H groups in total. The van der Waals surface area contributed by atoms with E-state index >= 15 is 0 Å². The monoisotopic (exact) mass is 323 g/mol. The lowest BCUT2D eigenvalue weighted by atomic mass is 10.0. The molecule has 0 aliphatic carbocycles. The first-order valence-corrected chi connectivity index (χ1v) is 8.84. The number of carbonyl (C=O) groups is 1. The highest BCUT2D eigenvalue weighted by molar-refractivity contribution is 5.96. The molecule has 3 rings (SSSR count). The van der Waals surface area contributed by atoms with Gasteiger partial charge in [-0.3, -0.25) is 4.79 Å². The molecule has 1 saturated heterocycles. The van der Waals surface area contributed by atoms with Crippen LogP contribution in [0.2, 0.25) is 0 Å². The van der Waals surface area contributed by atoms with E-state index in [4.69, 9.17) is 4.74 Å². The van der Waals surface area contributed by atoms with E-state index in [1.807, 2.05) is 29.2 Å². The Kier molecular flexibility index (Phi) is 5.65. The topological polar surface area (TPSA) is 29.5 Å². The quantitative estimate of drug-likeness (QED) is 0.743. The van der Waals surface area contributed by atoms with Crippen LogP contribution in [0.15, 0.2) is 48.5 Å². The predicted octanol–water partition coefficient (Wildman–Crippen LogP) is 4.27. The Morgan fingerprint density at radius 3 is 2.88 bits per heavy atom. The van der Waals surface area contributed by atoms with E-state index in [0.29, 0.717) is 6.54 Å². The second kappa shape index (κ2) is 8.11. The van der Waals surface area contributed by atoms with Crippen LogP contribution in [0.3, 0.4) is 0 Å². The van der Waals surface area contributed by atoms with Crippen molar-refractivity contribution < 1.29 is 9.53 Å². The van der Waals surface area contributed by atoms with Crippen molar-refractivity contribution in [3.63, 3.8) is 0 Å². The Morgan fingerprint density at radius 1 is 1.25 bits per heavy atom. The molecule has 3 heteroatoms. The summed E-state index contributed by atoms with van der Waals surface area (Å²) in [6, 6.07) is 14.4. The first-order valence-electron chi connectivity index (χ1n) is 8.84. The number of rotatable bonds is 6. The highest BCUT2D eigenvalue weighted by atomic mass is 16.5. The number of fused-ring (bicyclic) bond motifs is 1. The lowest BCUT2D eigenvalue weighted by molar-refractivity contribution is -0.127. The van der Waals surface area contributed by atoms with Gasteiger partial charge < -0.3 is 9.64 Å². The minimum atomic E-state index is 0.0697. The van der Waals surface area contributed by atoms with Gasteiger partial charge >= 0.3 is 0 Å². The van der Waals surface area contributed by atoms with Gasteiger partial charge in [-0.15, -0.1) is 0 Å². The smallest absolute Gasteiger partial charge is 0.246 e. The molecule has 0 spiro atoms. The molecule has 2 aromatic carbocycles. The fourth-order valence-electron chi connectivity index (χ4n) is 3.26. The molecule has 1 aliphatic rings. The first-order chi connectivity index (χ1) is 11.8. The molecule has 1 atom stereocenters. The van der Waals surface area contributed by atoms with Crippen molar-refractivity contribution >= 4 is 22.8 Å². The summed E-state index contributed by atoms with van der Waals surface area (Å²) in [6.07, 6.45) is 6.95.